The normalized spacial score (nSPS) is 15.1. The van der Waals surface area contributed by atoms with Crippen molar-refractivity contribution in [1.82, 2.24) is 19.7 Å². The van der Waals surface area contributed by atoms with Gasteiger partial charge >= 0.3 is 5.69 Å². The van der Waals surface area contributed by atoms with Crippen LogP contribution in [0.5, 0.6) is 0 Å². The Kier molecular flexibility index (Phi) is 5.98. The summed E-state index contributed by atoms with van der Waals surface area (Å²) in [6.45, 7) is 5.09. The SMILES string of the molecule is CCC(CC)(CO)CNC(=O)Cn1nc2n(c1=O)CCCCC2. The second-order valence-corrected chi connectivity index (χ2v) is 6.46. The van der Waals surface area contributed by atoms with Crippen molar-refractivity contribution in [3.63, 3.8) is 0 Å². The number of aliphatic hydroxyl groups is 1. The van der Waals surface area contributed by atoms with Crippen LogP contribution in [0.1, 0.15) is 51.8 Å². The molecule has 2 heterocycles. The van der Waals surface area contributed by atoms with E-state index in [4.69, 9.17) is 0 Å². The molecule has 0 radical (unpaired) electrons. The molecule has 0 aliphatic carbocycles. The summed E-state index contributed by atoms with van der Waals surface area (Å²) < 4.78 is 2.95. The summed E-state index contributed by atoms with van der Waals surface area (Å²) in [5, 5.41) is 16.7. The maximum atomic E-state index is 12.3. The summed E-state index contributed by atoms with van der Waals surface area (Å²) in [7, 11) is 0. The molecular weight excluding hydrogens is 296 g/mol. The van der Waals surface area contributed by atoms with E-state index in [1.165, 1.54) is 4.68 Å². The maximum Gasteiger partial charge on any atom is 0.346 e. The fourth-order valence-corrected chi connectivity index (χ4v) is 2.99. The summed E-state index contributed by atoms with van der Waals surface area (Å²) in [6.07, 6.45) is 5.51. The number of nitrogens with one attached hydrogen (secondary N) is 1. The highest BCUT2D eigenvalue weighted by Crippen LogP contribution is 2.24. The molecule has 1 aliphatic heterocycles. The molecule has 7 nitrogen and oxygen atoms in total. The smallest absolute Gasteiger partial charge is 0.346 e. The third kappa shape index (κ3) is 4.02. The molecule has 1 amide bonds. The van der Waals surface area contributed by atoms with Crippen LogP contribution in [0, 0.1) is 5.41 Å². The number of rotatable bonds is 7. The van der Waals surface area contributed by atoms with Gasteiger partial charge in [-0.1, -0.05) is 20.3 Å². The molecule has 7 heteroatoms. The number of aromatic nitrogens is 3. The van der Waals surface area contributed by atoms with Crippen molar-refractivity contribution in [2.75, 3.05) is 13.2 Å². The van der Waals surface area contributed by atoms with Crippen LogP contribution in [0.3, 0.4) is 0 Å². The van der Waals surface area contributed by atoms with E-state index in [-0.39, 0.29) is 30.2 Å². The Hall–Kier alpha value is -1.63. The lowest BCUT2D eigenvalue weighted by atomic mass is 9.83. The van der Waals surface area contributed by atoms with Crippen LogP contribution in [0.15, 0.2) is 4.79 Å². The molecule has 0 fully saturated rings. The topological polar surface area (TPSA) is 89.2 Å². The number of carbonyl (C=O) groups is 1. The Bertz CT molecular complexity index is 578. The van der Waals surface area contributed by atoms with Gasteiger partial charge in [-0.2, -0.15) is 5.10 Å². The largest absolute Gasteiger partial charge is 0.396 e. The van der Waals surface area contributed by atoms with Crippen LogP contribution in [-0.4, -0.2) is 38.5 Å². The number of aliphatic hydroxyl groups excluding tert-OH is 1. The first kappa shape index (κ1) is 17.7. The first-order chi connectivity index (χ1) is 11.0. The van der Waals surface area contributed by atoms with Gasteiger partial charge in [0.25, 0.3) is 0 Å². The molecule has 0 atom stereocenters. The lowest BCUT2D eigenvalue weighted by molar-refractivity contribution is -0.122. The summed E-state index contributed by atoms with van der Waals surface area (Å²) in [6, 6.07) is 0. The van der Waals surface area contributed by atoms with Crippen LogP contribution in [0.2, 0.25) is 0 Å². The number of hydrogen-bond acceptors (Lipinski definition) is 4. The number of hydrogen-bond donors (Lipinski definition) is 2. The molecule has 0 aromatic carbocycles. The zero-order valence-corrected chi connectivity index (χ0v) is 14.2. The van der Waals surface area contributed by atoms with Crippen molar-refractivity contribution in [3.05, 3.63) is 16.3 Å². The van der Waals surface area contributed by atoms with Gasteiger partial charge in [-0.3, -0.25) is 9.36 Å². The van der Waals surface area contributed by atoms with E-state index in [2.05, 4.69) is 10.4 Å². The number of nitrogens with zero attached hydrogens (tertiary/aromatic N) is 3. The number of carbonyl (C=O) groups excluding carboxylic acids is 1. The van der Waals surface area contributed by atoms with E-state index in [1.54, 1.807) is 4.57 Å². The third-order valence-electron chi connectivity index (χ3n) is 5.07. The maximum absolute atomic E-state index is 12.3. The first-order valence-electron chi connectivity index (χ1n) is 8.59. The van der Waals surface area contributed by atoms with E-state index < -0.39 is 0 Å². The summed E-state index contributed by atoms with van der Waals surface area (Å²) >= 11 is 0. The molecule has 1 aromatic rings. The van der Waals surface area contributed by atoms with Gasteiger partial charge in [-0.15, -0.1) is 0 Å². The molecule has 23 heavy (non-hydrogen) atoms. The van der Waals surface area contributed by atoms with Crippen LogP contribution < -0.4 is 11.0 Å². The molecule has 1 aliphatic rings. The molecule has 0 bridgehead atoms. The minimum Gasteiger partial charge on any atom is -0.396 e. The van der Waals surface area contributed by atoms with Gasteiger partial charge in [0.15, 0.2) is 0 Å². The monoisotopic (exact) mass is 324 g/mol. The van der Waals surface area contributed by atoms with E-state index in [1.807, 2.05) is 13.8 Å². The van der Waals surface area contributed by atoms with Gasteiger partial charge in [0.1, 0.15) is 12.4 Å². The van der Waals surface area contributed by atoms with E-state index >= 15 is 0 Å². The van der Waals surface area contributed by atoms with E-state index in [0.29, 0.717) is 13.1 Å². The van der Waals surface area contributed by atoms with Crippen molar-refractivity contribution in [2.45, 2.75) is 65.5 Å². The Morgan fingerprint density at radius 1 is 1.30 bits per heavy atom. The van der Waals surface area contributed by atoms with Crippen molar-refractivity contribution >= 4 is 5.91 Å². The van der Waals surface area contributed by atoms with Gasteiger partial charge in [-0.05, 0) is 25.7 Å². The molecule has 0 saturated carbocycles. The van der Waals surface area contributed by atoms with Crippen LogP contribution >= 0.6 is 0 Å². The second-order valence-electron chi connectivity index (χ2n) is 6.46. The molecule has 2 N–H and O–H groups in total. The van der Waals surface area contributed by atoms with Gasteiger partial charge in [0.2, 0.25) is 5.91 Å². The molecule has 0 spiro atoms. The predicted octanol–water partition coefficient (Wildman–Crippen LogP) is 0.686. The summed E-state index contributed by atoms with van der Waals surface area (Å²) in [4.78, 5) is 24.5. The van der Waals surface area contributed by atoms with Crippen LogP contribution in [-0.2, 0) is 24.3 Å². The van der Waals surface area contributed by atoms with Crippen LogP contribution in [0.25, 0.3) is 0 Å². The molecular formula is C16H28N4O3. The van der Waals surface area contributed by atoms with E-state index in [9.17, 15) is 14.7 Å². The minimum atomic E-state index is -0.286. The van der Waals surface area contributed by atoms with Crippen molar-refractivity contribution in [3.8, 4) is 0 Å². The highest BCUT2D eigenvalue weighted by Gasteiger charge is 2.26. The van der Waals surface area contributed by atoms with E-state index in [0.717, 1.165) is 44.3 Å². The lowest BCUT2D eigenvalue weighted by Crippen LogP contribution is -2.41. The fraction of sp³-hybridized carbons (Fsp3) is 0.812. The average molecular weight is 324 g/mol. The number of aryl methyl sites for hydroxylation is 1. The van der Waals surface area contributed by atoms with Crippen molar-refractivity contribution in [1.29, 1.82) is 0 Å². The van der Waals surface area contributed by atoms with Crippen LogP contribution in [0.4, 0.5) is 0 Å². The van der Waals surface area contributed by atoms with Gasteiger partial charge in [0.05, 0.1) is 6.61 Å². The summed E-state index contributed by atoms with van der Waals surface area (Å²) in [5.41, 5.74) is -0.483. The molecule has 130 valence electrons. The third-order valence-corrected chi connectivity index (χ3v) is 5.07. The molecule has 1 aromatic heterocycles. The highest BCUT2D eigenvalue weighted by atomic mass is 16.3. The van der Waals surface area contributed by atoms with Gasteiger partial charge in [-0.25, -0.2) is 9.48 Å². The number of amides is 1. The Labute approximate surface area is 136 Å². The summed E-state index contributed by atoms with van der Waals surface area (Å²) in [5.74, 6) is 0.548. The van der Waals surface area contributed by atoms with Crippen molar-refractivity contribution in [2.24, 2.45) is 5.41 Å². The molecule has 0 unspecified atom stereocenters. The number of fused-ring (bicyclic) bond motifs is 1. The lowest BCUT2D eigenvalue weighted by Gasteiger charge is -2.29. The average Bonchev–Trinajstić information content (AvgIpc) is 2.74. The fourth-order valence-electron chi connectivity index (χ4n) is 2.99. The predicted molar refractivity (Wildman–Crippen MR) is 87.2 cm³/mol. The highest BCUT2D eigenvalue weighted by molar-refractivity contribution is 5.75. The quantitative estimate of drug-likeness (QED) is 0.772. The Morgan fingerprint density at radius 3 is 2.70 bits per heavy atom. The van der Waals surface area contributed by atoms with Crippen molar-refractivity contribution < 1.29 is 9.90 Å². The molecule has 0 saturated heterocycles. The van der Waals surface area contributed by atoms with Gasteiger partial charge in [0, 0.05) is 24.9 Å². The van der Waals surface area contributed by atoms with Gasteiger partial charge < -0.3 is 10.4 Å². The Morgan fingerprint density at radius 2 is 2.04 bits per heavy atom. The Balaban J connectivity index is 2.00. The first-order valence-corrected chi connectivity index (χ1v) is 8.59. The zero-order chi connectivity index (χ0) is 16.9. The standard InChI is InChI=1S/C16H28N4O3/c1-3-16(4-2,12-21)11-17-14(22)10-20-15(23)19-9-7-5-6-8-13(19)18-20/h21H,3-12H2,1-2H3,(H,17,22). The minimum absolute atomic E-state index is 0.0407. The zero-order valence-electron chi connectivity index (χ0n) is 14.2. The molecule has 2 rings (SSSR count). The second kappa shape index (κ2) is 7.77.